The Morgan fingerprint density at radius 3 is 2.92 bits per heavy atom. The summed E-state index contributed by atoms with van der Waals surface area (Å²) in [5.74, 6) is -0.316. The highest BCUT2D eigenvalue weighted by atomic mass is 32.1. The molecule has 0 saturated carbocycles. The van der Waals surface area contributed by atoms with Crippen LogP contribution in [-0.4, -0.2) is 44.5 Å². The number of nitrogens with zero attached hydrogens (tertiary/aromatic N) is 4. The lowest BCUT2D eigenvalue weighted by molar-refractivity contribution is -0.119. The highest BCUT2D eigenvalue weighted by Gasteiger charge is 2.35. The van der Waals surface area contributed by atoms with Gasteiger partial charge in [0, 0.05) is 12.7 Å². The third-order valence-corrected chi connectivity index (χ3v) is 4.95. The molecule has 4 rings (SSSR count). The van der Waals surface area contributed by atoms with E-state index in [2.05, 4.69) is 20.5 Å². The molecule has 132 valence electrons. The Morgan fingerprint density at radius 2 is 2.15 bits per heavy atom. The van der Waals surface area contributed by atoms with Crippen LogP contribution >= 0.6 is 11.3 Å². The third-order valence-electron chi connectivity index (χ3n) is 4.09. The van der Waals surface area contributed by atoms with Gasteiger partial charge in [0.2, 0.25) is 11.0 Å². The van der Waals surface area contributed by atoms with Crippen molar-refractivity contribution in [3.63, 3.8) is 0 Å². The number of likely N-dealkylation sites (tertiary alicyclic amines) is 1. The number of hydrogen-bond donors (Lipinski definition) is 1. The van der Waals surface area contributed by atoms with Crippen LogP contribution in [0.3, 0.4) is 0 Å². The van der Waals surface area contributed by atoms with Crippen LogP contribution < -0.4 is 5.32 Å². The molecule has 0 aliphatic carbocycles. The summed E-state index contributed by atoms with van der Waals surface area (Å²) in [5.41, 5.74) is 0.695. The van der Waals surface area contributed by atoms with Crippen molar-refractivity contribution >= 4 is 28.3 Å². The smallest absolute Gasteiger partial charge is 0.290 e. The molecule has 0 unspecified atom stereocenters. The normalized spacial score (nSPS) is 16.6. The van der Waals surface area contributed by atoms with Gasteiger partial charge < -0.3 is 9.32 Å². The minimum atomic E-state index is -0.546. The van der Waals surface area contributed by atoms with E-state index in [0.29, 0.717) is 28.8 Å². The van der Waals surface area contributed by atoms with E-state index in [1.165, 1.54) is 22.5 Å². The molecule has 1 fully saturated rings. The Hall–Kier alpha value is -3.07. The first kappa shape index (κ1) is 16.4. The van der Waals surface area contributed by atoms with Gasteiger partial charge in [-0.15, -0.1) is 10.2 Å². The van der Waals surface area contributed by atoms with Gasteiger partial charge in [0.15, 0.2) is 10.8 Å². The molecule has 1 N–H and O–H groups in total. The SMILES string of the molecule is O=C(Nc1nnc(-c2ccccn2)s1)[C@@H]1CCCN1C(=O)c1ccco1. The van der Waals surface area contributed by atoms with E-state index >= 15 is 0 Å². The summed E-state index contributed by atoms with van der Waals surface area (Å²) >= 11 is 1.24. The summed E-state index contributed by atoms with van der Waals surface area (Å²) in [6.45, 7) is 0.521. The van der Waals surface area contributed by atoms with E-state index < -0.39 is 6.04 Å². The van der Waals surface area contributed by atoms with Crippen molar-refractivity contribution in [3.05, 3.63) is 48.6 Å². The maximum atomic E-state index is 12.6. The minimum Gasteiger partial charge on any atom is -0.459 e. The van der Waals surface area contributed by atoms with Crippen molar-refractivity contribution in [2.75, 3.05) is 11.9 Å². The lowest BCUT2D eigenvalue weighted by atomic mass is 10.2. The van der Waals surface area contributed by atoms with E-state index in [-0.39, 0.29) is 17.6 Å². The summed E-state index contributed by atoms with van der Waals surface area (Å²) in [6, 6.07) is 8.21. The molecule has 1 aliphatic heterocycles. The van der Waals surface area contributed by atoms with Gasteiger partial charge in [0.1, 0.15) is 11.7 Å². The number of furan rings is 1. The zero-order chi connectivity index (χ0) is 17.9. The minimum absolute atomic E-state index is 0.234. The number of pyridine rings is 1. The number of amides is 2. The number of carbonyl (C=O) groups is 2. The zero-order valence-corrected chi connectivity index (χ0v) is 14.5. The number of rotatable bonds is 4. The summed E-state index contributed by atoms with van der Waals surface area (Å²) in [6.07, 6.45) is 4.48. The molecule has 8 nitrogen and oxygen atoms in total. The summed E-state index contributed by atoms with van der Waals surface area (Å²) < 4.78 is 5.16. The number of carbonyl (C=O) groups excluding carboxylic acids is 2. The van der Waals surface area contributed by atoms with Gasteiger partial charge >= 0.3 is 0 Å². The van der Waals surface area contributed by atoms with Crippen molar-refractivity contribution < 1.29 is 14.0 Å². The highest BCUT2D eigenvalue weighted by Crippen LogP contribution is 2.26. The first-order valence-electron chi connectivity index (χ1n) is 8.12. The number of aromatic nitrogens is 3. The van der Waals surface area contributed by atoms with Gasteiger partial charge in [-0.3, -0.25) is 19.9 Å². The van der Waals surface area contributed by atoms with Gasteiger partial charge in [-0.1, -0.05) is 17.4 Å². The van der Waals surface area contributed by atoms with E-state index in [1.54, 1.807) is 18.3 Å². The molecule has 26 heavy (non-hydrogen) atoms. The third kappa shape index (κ3) is 3.21. The van der Waals surface area contributed by atoms with Crippen LogP contribution in [0.4, 0.5) is 5.13 Å². The first-order chi connectivity index (χ1) is 12.7. The molecular formula is C17H15N5O3S. The standard InChI is InChI=1S/C17H15N5O3S/c23-14(12-6-3-9-22(12)16(24)13-7-4-10-25-13)19-17-21-20-15(26-17)11-5-1-2-8-18-11/h1-2,4-5,7-8,10,12H,3,6,9H2,(H,19,21,23)/t12-/m0/s1. The number of nitrogens with one attached hydrogen (secondary N) is 1. The van der Waals surface area contributed by atoms with Gasteiger partial charge in [0.05, 0.1) is 6.26 Å². The summed E-state index contributed by atoms with van der Waals surface area (Å²) in [7, 11) is 0. The Bertz CT molecular complexity index is 910. The van der Waals surface area contributed by atoms with Crippen LogP contribution in [0, 0.1) is 0 Å². The van der Waals surface area contributed by atoms with Crippen molar-refractivity contribution in [1.82, 2.24) is 20.1 Å². The quantitative estimate of drug-likeness (QED) is 0.758. The van der Waals surface area contributed by atoms with Crippen LogP contribution in [0.25, 0.3) is 10.7 Å². The molecule has 0 spiro atoms. The maximum absolute atomic E-state index is 12.6. The molecule has 0 radical (unpaired) electrons. The lowest BCUT2D eigenvalue weighted by Crippen LogP contribution is -2.43. The van der Waals surface area contributed by atoms with Gasteiger partial charge in [-0.05, 0) is 37.1 Å². The molecule has 3 aromatic heterocycles. The predicted octanol–water partition coefficient (Wildman–Crippen LogP) is 2.44. The Kier molecular flexibility index (Phi) is 4.44. The van der Waals surface area contributed by atoms with Crippen molar-refractivity contribution in [2.24, 2.45) is 0 Å². The number of anilines is 1. The molecule has 0 bridgehead atoms. The molecular weight excluding hydrogens is 354 g/mol. The lowest BCUT2D eigenvalue weighted by Gasteiger charge is -2.22. The van der Waals surface area contributed by atoms with Crippen LogP contribution in [0.2, 0.25) is 0 Å². The Morgan fingerprint density at radius 1 is 1.23 bits per heavy atom. The Balaban J connectivity index is 1.46. The highest BCUT2D eigenvalue weighted by molar-refractivity contribution is 7.18. The summed E-state index contributed by atoms with van der Waals surface area (Å²) in [5, 5.41) is 11.8. The van der Waals surface area contributed by atoms with Crippen LogP contribution in [0.5, 0.6) is 0 Å². The average molecular weight is 369 g/mol. The van der Waals surface area contributed by atoms with Gasteiger partial charge in [-0.2, -0.15) is 0 Å². The molecule has 4 heterocycles. The second kappa shape index (κ2) is 7.04. The van der Waals surface area contributed by atoms with E-state index in [1.807, 2.05) is 18.2 Å². The molecule has 1 atom stereocenters. The molecule has 0 aromatic carbocycles. The molecule has 2 amide bonds. The van der Waals surface area contributed by atoms with Gasteiger partial charge in [-0.25, -0.2) is 0 Å². The fourth-order valence-electron chi connectivity index (χ4n) is 2.88. The molecule has 1 aliphatic rings. The number of hydrogen-bond acceptors (Lipinski definition) is 7. The molecule has 9 heteroatoms. The topological polar surface area (TPSA) is 101 Å². The van der Waals surface area contributed by atoms with E-state index in [9.17, 15) is 9.59 Å². The predicted molar refractivity (Wildman–Crippen MR) is 94.5 cm³/mol. The van der Waals surface area contributed by atoms with Crippen molar-refractivity contribution in [3.8, 4) is 10.7 Å². The van der Waals surface area contributed by atoms with Crippen LogP contribution in [0.15, 0.2) is 47.2 Å². The largest absolute Gasteiger partial charge is 0.459 e. The maximum Gasteiger partial charge on any atom is 0.290 e. The molecule has 3 aromatic rings. The Labute approximate surface area is 152 Å². The van der Waals surface area contributed by atoms with Crippen LogP contribution in [-0.2, 0) is 4.79 Å². The van der Waals surface area contributed by atoms with E-state index in [4.69, 9.17) is 4.42 Å². The molecule has 1 saturated heterocycles. The average Bonchev–Trinajstić information content (AvgIpc) is 3.42. The second-order valence-corrected chi connectivity index (χ2v) is 6.73. The van der Waals surface area contributed by atoms with Gasteiger partial charge in [0.25, 0.3) is 5.91 Å². The first-order valence-corrected chi connectivity index (χ1v) is 8.94. The second-order valence-electron chi connectivity index (χ2n) is 5.75. The zero-order valence-electron chi connectivity index (χ0n) is 13.7. The van der Waals surface area contributed by atoms with Crippen LogP contribution in [0.1, 0.15) is 23.4 Å². The fraction of sp³-hybridized carbons (Fsp3) is 0.235. The van der Waals surface area contributed by atoms with Crippen molar-refractivity contribution in [1.29, 1.82) is 0 Å². The fourth-order valence-corrected chi connectivity index (χ4v) is 3.60. The van der Waals surface area contributed by atoms with E-state index in [0.717, 1.165) is 6.42 Å². The summed E-state index contributed by atoms with van der Waals surface area (Å²) in [4.78, 5) is 30.9. The van der Waals surface area contributed by atoms with Crippen molar-refractivity contribution in [2.45, 2.75) is 18.9 Å². The monoisotopic (exact) mass is 369 g/mol.